The molecule has 0 saturated carbocycles. The fourth-order valence-corrected chi connectivity index (χ4v) is 1.52. The number of ether oxygens (including phenoxy) is 1. The molecule has 0 aliphatic heterocycles. The van der Waals surface area contributed by atoms with Crippen molar-refractivity contribution in [3.63, 3.8) is 0 Å². The number of hydrogen-bond acceptors (Lipinski definition) is 3. The van der Waals surface area contributed by atoms with Crippen LogP contribution in [0.3, 0.4) is 0 Å². The van der Waals surface area contributed by atoms with E-state index in [2.05, 4.69) is 0 Å². The van der Waals surface area contributed by atoms with Crippen LogP contribution >= 0.6 is 0 Å². The highest BCUT2D eigenvalue weighted by Crippen LogP contribution is 2.17. The smallest absolute Gasteiger partial charge is 0.344 e. The first-order valence-electron chi connectivity index (χ1n) is 5.93. The Labute approximate surface area is 111 Å². The zero-order valence-corrected chi connectivity index (χ0v) is 10.6. The highest BCUT2D eigenvalue weighted by molar-refractivity contribution is 5.85. The Morgan fingerprint density at radius 1 is 1.37 bits per heavy atom. The molecule has 1 aromatic rings. The van der Waals surface area contributed by atoms with Crippen molar-refractivity contribution in [1.82, 2.24) is 0 Å². The van der Waals surface area contributed by atoms with Crippen LogP contribution in [0.2, 0.25) is 0 Å². The lowest BCUT2D eigenvalue weighted by atomic mass is 10.2. The average Bonchev–Trinajstić information content (AvgIpc) is 2.36. The van der Waals surface area contributed by atoms with Gasteiger partial charge in [0, 0.05) is 6.08 Å². The molecule has 0 saturated heterocycles. The summed E-state index contributed by atoms with van der Waals surface area (Å²) < 4.78 is 5.38. The summed E-state index contributed by atoms with van der Waals surface area (Å²) in [5, 5.41) is 17.5. The number of hydrogen-bond donors (Lipinski definition) is 2. The number of carbonyl (C=O) groups is 2. The molecule has 0 heterocycles. The van der Waals surface area contributed by atoms with Crippen LogP contribution in [0, 0.1) is 0 Å². The molecular weight excluding hydrogens is 248 g/mol. The second-order valence-electron chi connectivity index (χ2n) is 3.98. The zero-order valence-electron chi connectivity index (χ0n) is 10.6. The van der Waals surface area contributed by atoms with Crippen LogP contribution in [-0.4, -0.2) is 28.3 Å². The van der Waals surface area contributed by atoms with E-state index >= 15 is 0 Å². The molecule has 19 heavy (non-hydrogen) atoms. The minimum absolute atomic E-state index is 0.411. The SMILES string of the molecule is CCCC(Oc1cccc(/C=C/C(=O)O)c1)C(=O)O. The molecule has 2 N–H and O–H groups in total. The topological polar surface area (TPSA) is 83.8 Å². The molecule has 0 aliphatic rings. The first-order chi connectivity index (χ1) is 9.02. The van der Waals surface area contributed by atoms with Crippen molar-refractivity contribution >= 4 is 18.0 Å². The fraction of sp³-hybridized carbons (Fsp3) is 0.286. The highest BCUT2D eigenvalue weighted by atomic mass is 16.5. The Kier molecular flexibility index (Phi) is 5.60. The van der Waals surface area contributed by atoms with Crippen LogP contribution < -0.4 is 4.74 Å². The van der Waals surface area contributed by atoms with Gasteiger partial charge < -0.3 is 14.9 Å². The van der Waals surface area contributed by atoms with Crippen molar-refractivity contribution in [3.05, 3.63) is 35.9 Å². The van der Waals surface area contributed by atoms with E-state index in [4.69, 9.17) is 14.9 Å². The Bertz CT molecular complexity index is 478. The molecule has 0 amide bonds. The second kappa shape index (κ2) is 7.20. The largest absolute Gasteiger partial charge is 0.479 e. The van der Waals surface area contributed by atoms with E-state index in [-0.39, 0.29) is 0 Å². The quantitative estimate of drug-likeness (QED) is 0.739. The van der Waals surface area contributed by atoms with Gasteiger partial charge in [0.15, 0.2) is 6.10 Å². The van der Waals surface area contributed by atoms with E-state index < -0.39 is 18.0 Å². The molecule has 0 aromatic heterocycles. The molecule has 1 unspecified atom stereocenters. The van der Waals surface area contributed by atoms with Crippen LogP contribution in [0.5, 0.6) is 5.75 Å². The van der Waals surface area contributed by atoms with Gasteiger partial charge in [-0.05, 0) is 30.2 Å². The summed E-state index contributed by atoms with van der Waals surface area (Å²) >= 11 is 0. The normalized spacial score (nSPS) is 12.3. The van der Waals surface area contributed by atoms with Crippen LogP contribution in [-0.2, 0) is 9.59 Å². The summed E-state index contributed by atoms with van der Waals surface area (Å²) in [6, 6.07) is 6.64. The number of benzene rings is 1. The minimum atomic E-state index is -1.04. The molecule has 1 rings (SSSR count). The van der Waals surface area contributed by atoms with Crippen LogP contribution in [0.25, 0.3) is 6.08 Å². The lowest BCUT2D eigenvalue weighted by Gasteiger charge is -2.14. The van der Waals surface area contributed by atoms with Gasteiger partial charge in [-0.2, -0.15) is 0 Å². The van der Waals surface area contributed by atoms with Crippen molar-refractivity contribution in [1.29, 1.82) is 0 Å². The van der Waals surface area contributed by atoms with E-state index in [1.165, 1.54) is 6.08 Å². The van der Waals surface area contributed by atoms with Crippen LogP contribution in [0.4, 0.5) is 0 Å². The van der Waals surface area contributed by atoms with E-state index in [9.17, 15) is 9.59 Å². The Morgan fingerprint density at radius 2 is 2.11 bits per heavy atom. The van der Waals surface area contributed by atoms with Gasteiger partial charge in [0.1, 0.15) is 5.75 Å². The predicted octanol–water partition coefficient (Wildman–Crippen LogP) is 2.42. The predicted molar refractivity (Wildman–Crippen MR) is 70.1 cm³/mol. The monoisotopic (exact) mass is 264 g/mol. The zero-order chi connectivity index (χ0) is 14.3. The van der Waals surface area contributed by atoms with Crippen LogP contribution in [0.1, 0.15) is 25.3 Å². The first kappa shape index (κ1) is 14.8. The Balaban J connectivity index is 2.81. The number of carboxylic acids is 2. The van der Waals surface area contributed by atoms with Gasteiger partial charge in [-0.25, -0.2) is 9.59 Å². The van der Waals surface area contributed by atoms with E-state index in [0.717, 1.165) is 6.08 Å². The minimum Gasteiger partial charge on any atom is -0.479 e. The third-order valence-corrected chi connectivity index (χ3v) is 2.38. The van der Waals surface area contributed by atoms with Gasteiger partial charge in [0.25, 0.3) is 0 Å². The Hall–Kier alpha value is -2.30. The summed E-state index contributed by atoms with van der Waals surface area (Å²) in [4.78, 5) is 21.4. The average molecular weight is 264 g/mol. The number of aliphatic carboxylic acids is 2. The van der Waals surface area contributed by atoms with Gasteiger partial charge >= 0.3 is 11.9 Å². The fourth-order valence-electron chi connectivity index (χ4n) is 1.52. The molecule has 5 heteroatoms. The number of rotatable bonds is 7. The maximum atomic E-state index is 11.0. The van der Waals surface area contributed by atoms with Gasteiger partial charge in [0.2, 0.25) is 0 Å². The molecule has 1 atom stereocenters. The molecule has 0 aliphatic carbocycles. The third kappa shape index (κ3) is 5.25. The molecule has 102 valence electrons. The molecule has 5 nitrogen and oxygen atoms in total. The standard InChI is InChI=1S/C14H16O5/c1-2-4-12(14(17)18)19-11-6-3-5-10(9-11)7-8-13(15)16/h3,5-9,12H,2,4H2,1H3,(H,15,16)(H,17,18)/b8-7+. The summed E-state index contributed by atoms with van der Waals surface area (Å²) in [6.07, 6.45) is 2.67. The lowest BCUT2D eigenvalue weighted by Crippen LogP contribution is -2.26. The summed E-state index contributed by atoms with van der Waals surface area (Å²) in [5.41, 5.74) is 0.639. The number of carboxylic acid groups (broad SMARTS) is 2. The van der Waals surface area contributed by atoms with Crippen molar-refractivity contribution in [2.75, 3.05) is 0 Å². The van der Waals surface area contributed by atoms with Crippen molar-refractivity contribution in [2.24, 2.45) is 0 Å². The Morgan fingerprint density at radius 3 is 2.68 bits per heavy atom. The maximum absolute atomic E-state index is 11.0. The van der Waals surface area contributed by atoms with Crippen molar-refractivity contribution in [3.8, 4) is 5.75 Å². The van der Waals surface area contributed by atoms with Gasteiger partial charge in [0.05, 0.1) is 0 Å². The summed E-state index contributed by atoms with van der Waals surface area (Å²) in [5.74, 6) is -1.64. The van der Waals surface area contributed by atoms with E-state index in [1.807, 2.05) is 6.92 Å². The van der Waals surface area contributed by atoms with E-state index in [0.29, 0.717) is 24.2 Å². The van der Waals surface area contributed by atoms with Crippen LogP contribution in [0.15, 0.2) is 30.3 Å². The molecule has 0 fully saturated rings. The molecule has 0 spiro atoms. The van der Waals surface area contributed by atoms with Gasteiger partial charge in [-0.1, -0.05) is 25.5 Å². The first-order valence-corrected chi connectivity index (χ1v) is 5.93. The second-order valence-corrected chi connectivity index (χ2v) is 3.98. The lowest BCUT2D eigenvalue weighted by molar-refractivity contribution is -0.145. The van der Waals surface area contributed by atoms with E-state index in [1.54, 1.807) is 24.3 Å². The third-order valence-electron chi connectivity index (χ3n) is 2.38. The van der Waals surface area contributed by atoms with Crippen molar-refractivity contribution in [2.45, 2.75) is 25.9 Å². The highest BCUT2D eigenvalue weighted by Gasteiger charge is 2.17. The van der Waals surface area contributed by atoms with Gasteiger partial charge in [-0.3, -0.25) is 0 Å². The van der Waals surface area contributed by atoms with Crippen molar-refractivity contribution < 1.29 is 24.5 Å². The molecule has 0 bridgehead atoms. The maximum Gasteiger partial charge on any atom is 0.344 e. The molecule has 1 aromatic carbocycles. The molecule has 0 radical (unpaired) electrons. The summed E-state index contributed by atoms with van der Waals surface area (Å²) in [6.45, 7) is 1.88. The molecular formula is C14H16O5. The summed E-state index contributed by atoms with van der Waals surface area (Å²) in [7, 11) is 0. The van der Waals surface area contributed by atoms with Gasteiger partial charge in [-0.15, -0.1) is 0 Å².